The molecule has 0 spiro atoms. The SMILES string of the molecule is Cc1cc(C)n(C(C(=O)c2ccccc2)C(C(=O)c2ccccc2)n2nc(C)cc2C)n1. The van der Waals surface area contributed by atoms with Crippen LogP contribution in [0, 0.1) is 27.7 Å². The number of carbonyl (C=O) groups excluding carboxylic acids is 2. The predicted octanol–water partition coefficient (Wildman–Crippen LogP) is 4.86. The van der Waals surface area contributed by atoms with E-state index in [2.05, 4.69) is 10.2 Å². The van der Waals surface area contributed by atoms with Crippen molar-refractivity contribution in [2.75, 3.05) is 0 Å². The Labute approximate surface area is 187 Å². The lowest BCUT2D eigenvalue weighted by Crippen LogP contribution is -2.37. The Morgan fingerprint density at radius 2 is 0.969 bits per heavy atom. The fourth-order valence-corrected chi connectivity index (χ4v) is 4.18. The number of rotatable bonds is 7. The summed E-state index contributed by atoms with van der Waals surface area (Å²) in [4.78, 5) is 27.8. The van der Waals surface area contributed by atoms with Gasteiger partial charge in [-0.2, -0.15) is 10.2 Å². The standard InChI is InChI=1S/C26H26N4O2/c1-17-15-19(3)29(27-17)23(25(31)21-11-7-5-8-12-21)24(30-20(4)16-18(2)28-30)26(32)22-13-9-6-10-14-22/h5-16,23-24H,1-4H3. The Kier molecular flexibility index (Phi) is 5.86. The molecule has 0 aliphatic carbocycles. The quantitative estimate of drug-likeness (QED) is 0.396. The van der Waals surface area contributed by atoms with Gasteiger partial charge >= 0.3 is 0 Å². The molecule has 0 saturated carbocycles. The third kappa shape index (κ3) is 4.04. The van der Waals surface area contributed by atoms with Crippen LogP contribution in [0.2, 0.25) is 0 Å². The molecular weight excluding hydrogens is 400 g/mol. The summed E-state index contributed by atoms with van der Waals surface area (Å²) in [7, 11) is 0. The lowest BCUT2D eigenvalue weighted by Gasteiger charge is -2.28. The van der Waals surface area contributed by atoms with E-state index in [1.54, 1.807) is 33.6 Å². The van der Waals surface area contributed by atoms with Crippen LogP contribution in [0.25, 0.3) is 0 Å². The number of ketones is 2. The van der Waals surface area contributed by atoms with Crippen molar-refractivity contribution in [3.05, 3.63) is 107 Å². The van der Waals surface area contributed by atoms with Gasteiger partial charge < -0.3 is 0 Å². The summed E-state index contributed by atoms with van der Waals surface area (Å²) in [5, 5.41) is 9.24. The summed E-state index contributed by atoms with van der Waals surface area (Å²) in [6.45, 7) is 7.56. The van der Waals surface area contributed by atoms with E-state index in [1.165, 1.54) is 0 Å². The van der Waals surface area contributed by atoms with Crippen LogP contribution >= 0.6 is 0 Å². The van der Waals surface area contributed by atoms with Crippen molar-refractivity contribution < 1.29 is 9.59 Å². The molecule has 162 valence electrons. The zero-order valence-electron chi connectivity index (χ0n) is 18.7. The van der Waals surface area contributed by atoms with E-state index in [9.17, 15) is 9.59 Å². The van der Waals surface area contributed by atoms with Crippen molar-refractivity contribution in [2.45, 2.75) is 39.8 Å². The van der Waals surface area contributed by atoms with Crippen molar-refractivity contribution in [1.82, 2.24) is 19.6 Å². The number of hydrogen-bond donors (Lipinski definition) is 0. The molecule has 0 aliphatic heterocycles. The molecule has 0 amide bonds. The Hall–Kier alpha value is -3.80. The van der Waals surface area contributed by atoms with E-state index in [-0.39, 0.29) is 11.6 Å². The zero-order chi connectivity index (χ0) is 22.8. The van der Waals surface area contributed by atoms with Gasteiger partial charge in [0.25, 0.3) is 0 Å². The molecule has 4 rings (SSSR count). The molecule has 0 N–H and O–H groups in total. The maximum atomic E-state index is 13.9. The molecule has 0 aliphatic rings. The summed E-state index contributed by atoms with van der Waals surface area (Å²) in [6.07, 6.45) is 0. The molecule has 2 heterocycles. The van der Waals surface area contributed by atoms with Crippen LogP contribution in [0.3, 0.4) is 0 Å². The van der Waals surface area contributed by atoms with Crippen LogP contribution in [-0.2, 0) is 0 Å². The number of benzene rings is 2. The topological polar surface area (TPSA) is 69.8 Å². The average Bonchev–Trinajstić information content (AvgIpc) is 3.31. The first-order chi connectivity index (χ1) is 15.4. The van der Waals surface area contributed by atoms with Crippen LogP contribution in [0.1, 0.15) is 55.6 Å². The highest BCUT2D eigenvalue weighted by Gasteiger charge is 2.40. The molecule has 6 nitrogen and oxygen atoms in total. The summed E-state index contributed by atoms with van der Waals surface area (Å²) < 4.78 is 3.35. The molecule has 6 heteroatoms. The Bertz CT molecular complexity index is 1160. The van der Waals surface area contributed by atoms with Gasteiger partial charge in [0.2, 0.25) is 0 Å². The summed E-state index contributed by atoms with van der Waals surface area (Å²) in [5.41, 5.74) is 4.24. The second-order valence-corrected chi connectivity index (χ2v) is 8.09. The van der Waals surface area contributed by atoms with Crippen LogP contribution in [-0.4, -0.2) is 31.1 Å². The van der Waals surface area contributed by atoms with E-state index in [0.717, 1.165) is 22.8 Å². The summed E-state index contributed by atoms with van der Waals surface area (Å²) >= 11 is 0. The van der Waals surface area contributed by atoms with Gasteiger partial charge in [-0.05, 0) is 39.8 Å². The lowest BCUT2D eigenvalue weighted by molar-refractivity contribution is 0.0756. The van der Waals surface area contributed by atoms with Crippen LogP contribution in [0.5, 0.6) is 0 Å². The molecule has 32 heavy (non-hydrogen) atoms. The van der Waals surface area contributed by atoms with Gasteiger partial charge in [-0.3, -0.25) is 19.0 Å². The van der Waals surface area contributed by atoms with Gasteiger partial charge in [-0.25, -0.2) is 0 Å². The second kappa shape index (κ2) is 8.75. The minimum absolute atomic E-state index is 0.182. The van der Waals surface area contributed by atoms with Gasteiger partial charge in [-0.1, -0.05) is 60.7 Å². The third-order valence-electron chi connectivity index (χ3n) is 5.57. The van der Waals surface area contributed by atoms with Gasteiger partial charge in [-0.15, -0.1) is 0 Å². The van der Waals surface area contributed by atoms with E-state index < -0.39 is 12.1 Å². The number of hydrogen-bond acceptors (Lipinski definition) is 4. The first-order valence-corrected chi connectivity index (χ1v) is 10.6. The van der Waals surface area contributed by atoms with Crippen molar-refractivity contribution >= 4 is 11.6 Å². The normalized spacial score (nSPS) is 13.0. The highest BCUT2D eigenvalue weighted by molar-refractivity contribution is 6.06. The van der Waals surface area contributed by atoms with Gasteiger partial charge in [0.05, 0.1) is 11.4 Å². The van der Waals surface area contributed by atoms with Crippen molar-refractivity contribution in [1.29, 1.82) is 0 Å². The van der Waals surface area contributed by atoms with Gasteiger partial charge in [0, 0.05) is 22.5 Å². The Morgan fingerprint density at radius 1 is 0.625 bits per heavy atom. The maximum Gasteiger partial charge on any atom is 0.190 e. The van der Waals surface area contributed by atoms with Crippen molar-refractivity contribution in [3.8, 4) is 0 Å². The lowest BCUT2D eigenvalue weighted by atomic mass is 9.91. The highest BCUT2D eigenvalue weighted by Crippen LogP contribution is 2.32. The van der Waals surface area contributed by atoms with Crippen LogP contribution < -0.4 is 0 Å². The monoisotopic (exact) mass is 426 g/mol. The first kappa shape index (κ1) is 21.4. The smallest absolute Gasteiger partial charge is 0.190 e. The van der Waals surface area contributed by atoms with E-state index in [4.69, 9.17) is 0 Å². The molecule has 2 atom stereocenters. The highest BCUT2D eigenvalue weighted by atomic mass is 16.1. The average molecular weight is 427 g/mol. The van der Waals surface area contributed by atoms with Crippen LogP contribution in [0.15, 0.2) is 72.8 Å². The van der Waals surface area contributed by atoms with E-state index >= 15 is 0 Å². The van der Waals surface area contributed by atoms with E-state index in [1.807, 2.05) is 76.2 Å². The molecule has 0 saturated heterocycles. The predicted molar refractivity (Wildman–Crippen MR) is 123 cm³/mol. The molecule has 0 bridgehead atoms. The zero-order valence-corrected chi connectivity index (χ0v) is 18.7. The number of aryl methyl sites for hydroxylation is 4. The van der Waals surface area contributed by atoms with E-state index in [0.29, 0.717) is 11.1 Å². The number of carbonyl (C=O) groups is 2. The molecule has 4 aromatic rings. The van der Waals surface area contributed by atoms with Crippen molar-refractivity contribution in [2.24, 2.45) is 0 Å². The van der Waals surface area contributed by atoms with Gasteiger partial charge in [0.1, 0.15) is 12.1 Å². The molecule has 2 aromatic carbocycles. The number of aromatic nitrogens is 4. The summed E-state index contributed by atoms with van der Waals surface area (Å²) in [5.74, 6) is -0.364. The molecular formula is C26H26N4O2. The minimum Gasteiger partial charge on any atom is -0.292 e. The Morgan fingerprint density at radius 3 is 1.25 bits per heavy atom. The molecule has 0 fully saturated rings. The van der Waals surface area contributed by atoms with Gasteiger partial charge in [0.15, 0.2) is 11.6 Å². The maximum absolute atomic E-state index is 13.9. The summed E-state index contributed by atoms with van der Waals surface area (Å²) in [6, 6.07) is 20.1. The van der Waals surface area contributed by atoms with Crippen molar-refractivity contribution in [3.63, 3.8) is 0 Å². The molecule has 0 radical (unpaired) electrons. The van der Waals surface area contributed by atoms with Crippen LogP contribution in [0.4, 0.5) is 0 Å². The molecule has 2 aromatic heterocycles. The second-order valence-electron chi connectivity index (χ2n) is 8.09. The largest absolute Gasteiger partial charge is 0.292 e. The fourth-order valence-electron chi connectivity index (χ4n) is 4.18. The Balaban J connectivity index is 1.96. The first-order valence-electron chi connectivity index (χ1n) is 10.6. The minimum atomic E-state index is -0.892. The fraction of sp³-hybridized carbons (Fsp3) is 0.231. The number of nitrogens with zero attached hydrogens (tertiary/aromatic N) is 4. The number of Topliss-reactive ketones (excluding diaryl/α,β-unsaturated/α-hetero) is 2. The molecule has 2 unspecified atom stereocenters. The third-order valence-corrected chi connectivity index (χ3v) is 5.57.